The van der Waals surface area contributed by atoms with E-state index in [1.165, 1.54) is 0 Å². The molecule has 6 heteroatoms. The lowest BCUT2D eigenvalue weighted by atomic mass is 10.2. The minimum Gasteiger partial charge on any atom is -0.371 e. The average molecular weight is 270 g/mol. The third-order valence-electron chi connectivity index (χ3n) is 3.13. The summed E-state index contributed by atoms with van der Waals surface area (Å²) >= 11 is 0. The first-order valence-electron chi connectivity index (χ1n) is 6.37. The standard InChI is InChI=1S/C14H14N4O2/c19-13-6-12(14(20)17-13)16-11-7-15-18(9-11)8-10-4-2-1-3-5-10/h1-5,7,9,12,16H,6,8H2,(H,17,19,20). The third kappa shape index (κ3) is 2.69. The molecule has 1 aliphatic heterocycles. The van der Waals surface area contributed by atoms with Crippen molar-refractivity contribution in [2.24, 2.45) is 0 Å². The molecular weight excluding hydrogens is 256 g/mol. The quantitative estimate of drug-likeness (QED) is 0.804. The van der Waals surface area contributed by atoms with Crippen LogP contribution >= 0.6 is 0 Å². The number of anilines is 1. The van der Waals surface area contributed by atoms with Crippen LogP contribution in [0.1, 0.15) is 12.0 Å². The van der Waals surface area contributed by atoms with Crippen molar-refractivity contribution >= 4 is 17.5 Å². The highest BCUT2D eigenvalue weighted by Gasteiger charge is 2.30. The Morgan fingerprint density at radius 1 is 1.30 bits per heavy atom. The van der Waals surface area contributed by atoms with E-state index in [-0.39, 0.29) is 18.2 Å². The molecule has 102 valence electrons. The van der Waals surface area contributed by atoms with Gasteiger partial charge in [0.15, 0.2) is 0 Å². The normalized spacial score (nSPS) is 18.1. The lowest BCUT2D eigenvalue weighted by molar-refractivity contribution is -0.124. The van der Waals surface area contributed by atoms with Crippen LogP contribution in [0.4, 0.5) is 5.69 Å². The first-order chi connectivity index (χ1) is 9.70. The van der Waals surface area contributed by atoms with Gasteiger partial charge in [0.25, 0.3) is 0 Å². The SMILES string of the molecule is O=C1CC(Nc2cnn(Cc3ccccc3)c2)C(=O)N1. The minimum absolute atomic E-state index is 0.169. The molecule has 0 aliphatic carbocycles. The molecule has 1 fully saturated rings. The summed E-state index contributed by atoms with van der Waals surface area (Å²) in [5.74, 6) is -0.532. The van der Waals surface area contributed by atoms with E-state index >= 15 is 0 Å². The Morgan fingerprint density at radius 2 is 2.10 bits per heavy atom. The van der Waals surface area contributed by atoms with E-state index in [0.29, 0.717) is 6.54 Å². The molecule has 20 heavy (non-hydrogen) atoms. The van der Waals surface area contributed by atoms with Gasteiger partial charge in [-0.3, -0.25) is 19.6 Å². The number of aromatic nitrogens is 2. The fourth-order valence-corrected chi connectivity index (χ4v) is 2.17. The fraction of sp³-hybridized carbons (Fsp3) is 0.214. The van der Waals surface area contributed by atoms with Crippen molar-refractivity contribution in [3.63, 3.8) is 0 Å². The minimum atomic E-state index is -0.503. The zero-order valence-corrected chi connectivity index (χ0v) is 10.7. The second kappa shape index (κ2) is 5.16. The van der Waals surface area contributed by atoms with Crippen molar-refractivity contribution in [3.05, 3.63) is 48.3 Å². The van der Waals surface area contributed by atoms with Gasteiger partial charge in [-0.1, -0.05) is 30.3 Å². The van der Waals surface area contributed by atoms with Gasteiger partial charge in [0.2, 0.25) is 11.8 Å². The maximum Gasteiger partial charge on any atom is 0.249 e. The van der Waals surface area contributed by atoms with Crippen molar-refractivity contribution in [1.29, 1.82) is 0 Å². The molecule has 0 spiro atoms. The van der Waals surface area contributed by atoms with Gasteiger partial charge in [0.05, 0.1) is 24.8 Å². The monoisotopic (exact) mass is 270 g/mol. The Labute approximate surface area is 115 Å². The van der Waals surface area contributed by atoms with Crippen LogP contribution in [0.15, 0.2) is 42.7 Å². The molecule has 6 nitrogen and oxygen atoms in total. The van der Waals surface area contributed by atoms with E-state index in [4.69, 9.17) is 0 Å². The van der Waals surface area contributed by atoms with Crippen LogP contribution in [-0.2, 0) is 16.1 Å². The zero-order valence-electron chi connectivity index (χ0n) is 10.7. The fourth-order valence-electron chi connectivity index (χ4n) is 2.17. The van der Waals surface area contributed by atoms with E-state index in [1.54, 1.807) is 10.9 Å². The molecule has 2 amide bonds. The lowest BCUT2D eigenvalue weighted by Gasteiger charge is -2.07. The summed E-state index contributed by atoms with van der Waals surface area (Å²) in [5, 5.41) is 9.51. The summed E-state index contributed by atoms with van der Waals surface area (Å²) in [7, 11) is 0. The molecule has 2 N–H and O–H groups in total. The summed E-state index contributed by atoms with van der Waals surface area (Å²) in [6.45, 7) is 0.665. The van der Waals surface area contributed by atoms with Gasteiger partial charge in [-0.05, 0) is 5.56 Å². The van der Waals surface area contributed by atoms with Crippen molar-refractivity contribution in [3.8, 4) is 0 Å². The maximum atomic E-state index is 11.5. The van der Waals surface area contributed by atoms with Crippen LogP contribution < -0.4 is 10.6 Å². The van der Waals surface area contributed by atoms with Crippen LogP contribution in [0.3, 0.4) is 0 Å². The van der Waals surface area contributed by atoms with Gasteiger partial charge in [0, 0.05) is 6.20 Å². The van der Waals surface area contributed by atoms with Crippen molar-refractivity contribution < 1.29 is 9.59 Å². The summed E-state index contributed by atoms with van der Waals surface area (Å²) in [5.41, 5.74) is 1.88. The number of imide groups is 1. The topological polar surface area (TPSA) is 76.0 Å². The van der Waals surface area contributed by atoms with Crippen LogP contribution in [0.25, 0.3) is 0 Å². The van der Waals surface area contributed by atoms with Crippen LogP contribution in [0.5, 0.6) is 0 Å². The Bertz CT molecular complexity index is 636. The Hall–Kier alpha value is -2.63. The second-order valence-corrected chi connectivity index (χ2v) is 4.73. The Kier molecular flexibility index (Phi) is 3.20. The molecule has 1 unspecified atom stereocenters. The molecule has 3 rings (SSSR count). The van der Waals surface area contributed by atoms with Crippen molar-refractivity contribution in [1.82, 2.24) is 15.1 Å². The number of hydrogen-bond acceptors (Lipinski definition) is 4. The second-order valence-electron chi connectivity index (χ2n) is 4.73. The molecule has 1 saturated heterocycles. The van der Waals surface area contributed by atoms with E-state index in [2.05, 4.69) is 15.7 Å². The van der Waals surface area contributed by atoms with Gasteiger partial charge in [-0.15, -0.1) is 0 Å². The number of nitrogens with one attached hydrogen (secondary N) is 2. The Balaban J connectivity index is 1.65. The number of hydrogen-bond donors (Lipinski definition) is 2. The van der Waals surface area contributed by atoms with Crippen LogP contribution in [0.2, 0.25) is 0 Å². The molecule has 1 aromatic carbocycles. The number of amides is 2. The molecule has 0 bridgehead atoms. The number of carbonyl (C=O) groups excluding carboxylic acids is 2. The molecular formula is C14H14N4O2. The highest BCUT2D eigenvalue weighted by atomic mass is 16.2. The third-order valence-corrected chi connectivity index (χ3v) is 3.13. The maximum absolute atomic E-state index is 11.5. The van der Waals surface area contributed by atoms with Crippen LogP contribution in [-0.4, -0.2) is 27.6 Å². The van der Waals surface area contributed by atoms with E-state index in [0.717, 1.165) is 11.3 Å². The highest BCUT2D eigenvalue weighted by Crippen LogP contribution is 2.13. The summed E-state index contributed by atoms with van der Waals surface area (Å²) in [6.07, 6.45) is 3.64. The summed E-state index contributed by atoms with van der Waals surface area (Å²) in [4.78, 5) is 22.6. The Morgan fingerprint density at radius 3 is 2.80 bits per heavy atom. The number of nitrogens with zero attached hydrogens (tertiary/aromatic N) is 2. The molecule has 2 aromatic rings. The molecule has 0 saturated carbocycles. The molecule has 2 heterocycles. The number of benzene rings is 1. The molecule has 1 atom stereocenters. The molecule has 1 aliphatic rings. The van der Waals surface area contributed by atoms with E-state index in [1.807, 2.05) is 36.5 Å². The van der Waals surface area contributed by atoms with Gasteiger partial charge in [-0.2, -0.15) is 5.10 Å². The first-order valence-corrected chi connectivity index (χ1v) is 6.37. The average Bonchev–Trinajstić information content (AvgIpc) is 2.98. The highest BCUT2D eigenvalue weighted by molar-refractivity contribution is 6.06. The van der Waals surface area contributed by atoms with Gasteiger partial charge in [0.1, 0.15) is 6.04 Å². The van der Waals surface area contributed by atoms with E-state index < -0.39 is 6.04 Å². The number of rotatable bonds is 4. The van der Waals surface area contributed by atoms with Gasteiger partial charge >= 0.3 is 0 Å². The lowest BCUT2D eigenvalue weighted by Crippen LogP contribution is -2.29. The first kappa shape index (κ1) is 12.4. The number of carbonyl (C=O) groups is 2. The van der Waals surface area contributed by atoms with Gasteiger partial charge < -0.3 is 5.32 Å². The summed E-state index contributed by atoms with van der Waals surface area (Å²) < 4.78 is 1.78. The predicted molar refractivity (Wildman–Crippen MR) is 72.9 cm³/mol. The predicted octanol–water partition coefficient (Wildman–Crippen LogP) is 0.758. The summed E-state index contributed by atoms with van der Waals surface area (Å²) in [6, 6.07) is 9.47. The smallest absolute Gasteiger partial charge is 0.249 e. The van der Waals surface area contributed by atoms with Gasteiger partial charge in [-0.25, -0.2) is 0 Å². The largest absolute Gasteiger partial charge is 0.371 e. The van der Waals surface area contributed by atoms with Crippen molar-refractivity contribution in [2.45, 2.75) is 19.0 Å². The van der Waals surface area contributed by atoms with Crippen molar-refractivity contribution in [2.75, 3.05) is 5.32 Å². The van der Waals surface area contributed by atoms with E-state index in [9.17, 15) is 9.59 Å². The van der Waals surface area contributed by atoms with Crippen LogP contribution in [0, 0.1) is 0 Å². The molecule has 0 radical (unpaired) electrons. The zero-order chi connectivity index (χ0) is 13.9. The molecule has 1 aromatic heterocycles.